The zero-order valence-electron chi connectivity index (χ0n) is 7.43. The van der Waals surface area contributed by atoms with Crippen LogP contribution in [0.25, 0.3) is 0 Å². The third-order valence-corrected chi connectivity index (χ3v) is 1.87. The average molecular weight is 180 g/mol. The highest BCUT2D eigenvalue weighted by molar-refractivity contribution is 6.01. The number of hydrogen-bond acceptors (Lipinski definition) is 2. The minimum atomic E-state index is -0.609. The minimum Gasteiger partial charge on any atom is -0.298 e. The standard InChI is InChI=1S/C10H9FO2/c1-6-3-4-8(7(2)13)9(5-12)10(6)11/h3-5H,1-2H3. The van der Waals surface area contributed by atoms with Gasteiger partial charge in [0.25, 0.3) is 0 Å². The van der Waals surface area contributed by atoms with E-state index in [1.54, 1.807) is 6.92 Å². The maximum atomic E-state index is 13.2. The van der Waals surface area contributed by atoms with E-state index in [0.29, 0.717) is 11.8 Å². The number of ketones is 1. The molecule has 0 aliphatic carbocycles. The van der Waals surface area contributed by atoms with Crippen LogP contribution in [0.4, 0.5) is 4.39 Å². The molecule has 0 fully saturated rings. The lowest BCUT2D eigenvalue weighted by atomic mass is 10.0. The van der Waals surface area contributed by atoms with Crippen LogP contribution in [0.15, 0.2) is 12.1 Å². The summed E-state index contributed by atoms with van der Waals surface area (Å²) < 4.78 is 13.2. The van der Waals surface area contributed by atoms with Gasteiger partial charge in [-0.05, 0) is 19.4 Å². The van der Waals surface area contributed by atoms with Crippen LogP contribution in [0.3, 0.4) is 0 Å². The molecule has 0 aromatic heterocycles. The summed E-state index contributed by atoms with van der Waals surface area (Å²) in [5, 5.41) is 0. The molecule has 0 aliphatic rings. The van der Waals surface area contributed by atoms with E-state index in [1.165, 1.54) is 19.1 Å². The number of carbonyl (C=O) groups is 2. The Hall–Kier alpha value is -1.51. The molecule has 13 heavy (non-hydrogen) atoms. The van der Waals surface area contributed by atoms with Gasteiger partial charge in [0, 0.05) is 5.56 Å². The van der Waals surface area contributed by atoms with Crippen molar-refractivity contribution in [3.63, 3.8) is 0 Å². The molecule has 1 rings (SSSR count). The first kappa shape index (κ1) is 9.58. The van der Waals surface area contributed by atoms with Gasteiger partial charge in [-0.15, -0.1) is 0 Å². The molecule has 3 heteroatoms. The van der Waals surface area contributed by atoms with Gasteiger partial charge >= 0.3 is 0 Å². The van der Waals surface area contributed by atoms with E-state index in [-0.39, 0.29) is 16.9 Å². The SMILES string of the molecule is CC(=O)c1ccc(C)c(F)c1C=O. The molecule has 0 N–H and O–H groups in total. The van der Waals surface area contributed by atoms with Crippen molar-refractivity contribution in [2.75, 3.05) is 0 Å². The summed E-state index contributed by atoms with van der Waals surface area (Å²) in [6.07, 6.45) is 0.374. The lowest BCUT2D eigenvalue weighted by Crippen LogP contribution is -2.03. The number of aryl methyl sites for hydroxylation is 1. The fraction of sp³-hybridized carbons (Fsp3) is 0.200. The van der Waals surface area contributed by atoms with Crippen LogP contribution in [0.2, 0.25) is 0 Å². The third-order valence-electron chi connectivity index (χ3n) is 1.87. The topological polar surface area (TPSA) is 34.1 Å². The first-order valence-corrected chi connectivity index (χ1v) is 3.83. The Morgan fingerprint density at radius 2 is 2.08 bits per heavy atom. The summed E-state index contributed by atoms with van der Waals surface area (Å²) in [5.41, 5.74) is 0.359. The van der Waals surface area contributed by atoms with Crippen molar-refractivity contribution in [2.24, 2.45) is 0 Å². The molecule has 1 aromatic rings. The number of halogens is 1. The molecule has 0 bridgehead atoms. The van der Waals surface area contributed by atoms with Crippen molar-refractivity contribution in [1.82, 2.24) is 0 Å². The summed E-state index contributed by atoms with van der Waals surface area (Å²) in [5.74, 6) is -0.913. The van der Waals surface area contributed by atoms with Crippen LogP contribution in [0.1, 0.15) is 33.2 Å². The van der Waals surface area contributed by atoms with E-state index in [0.717, 1.165) is 0 Å². The van der Waals surface area contributed by atoms with Crippen molar-refractivity contribution >= 4 is 12.1 Å². The maximum absolute atomic E-state index is 13.2. The van der Waals surface area contributed by atoms with Gasteiger partial charge in [0.1, 0.15) is 5.82 Å². The predicted octanol–water partition coefficient (Wildman–Crippen LogP) is 2.15. The Morgan fingerprint density at radius 1 is 1.46 bits per heavy atom. The van der Waals surface area contributed by atoms with Crippen LogP contribution in [0, 0.1) is 12.7 Å². The van der Waals surface area contributed by atoms with Crippen LogP contribution in [0.5, 0.6) is 0 Å². The Bertz CT molecular complexity index is 369. The van der Waals surface area contributed by atoms with Crippen molar-refractivity contribution in [3.05, 3.63) is 34.6 Å². The number of aldehydes is 1. The third kappa shape index (κ3) is 1.64. The molecule has 1 aromatic carbocycles. The van der Waals surface area contributed by atoms with Crippen LogP contribution in [-0.2, 0) is 0 Å². The summed E-state index contributed by atoms with van der Waals surface area (Å²) >= 11 is 0. The maximum Gasteiger partial charge on any atom is 0.160 e. The first-order valence-electron chi connectivity index (χ1n) is 3.83. The van der Waals surface area contributed by atoms with E-state index in [2.05, 4.69) is 0 Å². The van der Waals surface area contributed by atoms with E-state index in [4.69, 9.17) is 0 Å². The van der Waals surface area contributed by atoms with Gasteiger partial charge in [-0.3, -0.25) is 9.59 Å². The molecule has 0 radical (unpaired) electrons. The zero-order valence-corrected chi connectivity index (χ0v) is 7.43. The molecule has 0 heterocycles. The summed E-state index contributed by atoms with van der Waals surface area (Å²) in [4.78, 5) is 21.5. The van der Waals surface area contributed by atoms with Gasteiger partial charge in [-0.1, -0.05) is 12.1 Å². The smallest absolute Gasteiger partial charge is 0.160 e. The minimum absolute atomic E-state index is 0.137. The van der Waals surface area contributed by atoms with E-state index < -0.39 is 5.82 Å². The molecule has 0 saturated carbocycles. The highest BCUT2D eigenvalue weighted by Crippen LogP contribution is 2.15. The fourth-order valence-electron chi connectivity index (χ4n) is 1.12. The van der Waals surface area contributed by atoms with Crippen LogP contribution in [-0.4, -0.2) is 12.1 Å². The van der Waals surface area contributed by atoms with E-state index in [9.17, 15) is 14.0 Å². The van der Waals surface area contributed by atoms with Crippen LogP contribution >= 0.6 is 0 Å². The average Bonchev–Trinajstić information content (AvgIpc) is 2.09. The normalized spacial score (nSPS) is 9.77. The second-order valence-electron chi connectivity index (χ2n) is 2.83. The quantitative estimate of drug-likeness (QED) is 0.516. The predicted molar refractivity (Wildman–Crippen MR) is 46.5 cm³/mol. The Kier molecular flexibility index (Phi) is 2.56. The largest absolute Gasteiger partial charge is 0.298 e. The van der Waals surface area contributed by atoms with Gasteiger partial charge in [0.15, 0.2) is 12.1 Å². The molecule has 2 nitrogen and oxygen atoms in total. The second-order valence-corrected chi connectivity index (χ2v) is 2.83. The number of Topliss-reactive ketones (excluding diaryl/α,β-unsaturated/α-hetero) is 1. The highest BCUT2D eigenvalue weighted by Gasteiger charge is 2.12. The first-order chi connectivity index (χ1) is 6.07. The monoisotopic (exact) mass is 180 g/mol. The zero-order chi connectivity index (χ0) is 10.0. The van der Waals surface area contributed by atoms with Gasteiger partial charge in [0.2, 0.25) is 0 Å². The van der Waals surface area contributed by atoms with Crippen molar-refractivity contribution in [2.45, 2.75) is 13.8 Å². The summed E-state index contributed by atoms with van der Waals surface area (Å²) in [6, 6.07) is 2.95. The van der Waals surface area contributed by atoms with Crippen LogP contribution < -0.4 is 0 Å². The molecule has 68 valence electrons. The summed E-state index contributed by atoms with van der Waals surface area (Å²) in [6.45, 7) is 2.85. The number of hydrogen-bond donors (Lipinski definition) is 0. The van der Waals surface area contributed by atoms with Crippen molar-refractivity contribution in [3.8, 4) is 0 Å². The summed E-state index contributed by atoms with van der Waals surface area (Å²) in [7, 11) is 0. The molecule has 0 spiro atoms. The molecule has 0 atom stereocenters. The van der Waals surface area contributed by atoms with Gasteiger partial charge in [0.05, 0.1) is 5.56 Å². The lowest BCUT2D eigenvalue weighted by Gasteiger charge is -2.03. The molecule has 0 saturated heterocycles. The van der Waals surface area contributed by atoms with E-state index >= 15 is 0 Å². The van der Waals surface area contributed by atoms with E-state index in [1.807, 2.05) is 0 Å². The Morgan fingerprint density at radius 3 is 2.54 bits per heavy atom. The lowest BCUT2D eigenvalue weighted by molar-refractivity contribution is 0.100. The molecular formula is C10H9FO2. The van der Waals surface area contributed by atoms with Gasteiger partial charge in [-0.2, -0.15) is 0 Å². The molecule has 0 amide bonds. The molecular weight excluding hydrogens is 171 g/mol. The molecule has 0 unspecified atom stereocenters. The Labute approximate surface area is 75.4 Å². The fourth-order valence-corrected chi connectivity index (χ4v) is 1.12. The second kappa shape index (κ2) is 3.47. The highest BCUT2D eigenvalue weighted by atomic mass is 19.1. The van der Waals surface area contributed by atoms with Crippen molar-refractivity contribution in [1.29, 1.82) is 0 Å². The number of carbonyl (C=O) groups excluding carboxylic acids is 2. The molecule has 0 aliphatic heterocycles. The Balaban J connectivity index is 3.47. The number of rotatable bonds is 2. The van der Waals surface area contributed by atoms with Gasteiger partial charge < -0.3 is 0 Å². The van der Waals surface area contributed by atoms with Gasteiger partial charge in [-0.25, -0.2) is 4.39 Å². The number of benzene rings is 1. The van der Waals surface area contributed by atoms with Crippen molar-refractivity contribution < 1.29 is 14.0 Å².